The van der Waals surface area contributed by atoms with Gasteiger partial charge in [0.05, 0.1) is 26.5 Å². The van der Waals surface area contributed by atoms with Gasteiger partial charge in [0.15, 0.2) is 0 Å². The number of hydrogen-bond acceptors (Lipinski definition) is 6. The highest BCUT2D eigenvalue weighted by Crippen LogP contribution is 2.50. The molecule has 0 atom stereocenters. The molecule has 0 spiro atoms. The molecule has 47 heavy (non-hydrogen) atoms. The Kier molecular flexibility index (Phi) is 9.79. The van der Waals surface area contributed by atoms with Crippen LogP contribution in [0, 0.1) is 6.92 Å². The molecule has 1 saturated carbocycles. The van der Waals surface area contributed by atoms with Crippen LogP contribution in [-0.4, -0.2) is 30.1 Å². The van der Waals surface area contributed by atoms with Gasteiger partial charge in [-0.25, -0.2) is 13.1 Å². The smallest absolute Gasteiger partial charge is 0.330 e. The van der Waals surface area contributed by atoms with Crippen LogP contribution in [-0.2, 0) is 21.4 Å². The van der Waals surface area contributed by atoms with Crippen LogP contribution in [0.2, 0.25) is 0 Å². The minimum atomic E-state index is -5.22. The van der Waals surface area contributed by atoms with E-state index in [0.717, 1.165) is 97.0 Å². The zero-order chi connectivity index (χ0) is 34.4. The first kappa shape index (κ1) is 34.8. The molecule has 250 valence electrons. The average molecular weight is 700 g/mol. The number of hydrogen-bond donors (Lipinski definition) is 2. The van der Waals surface area contributed by atoms with E-state index in [0.29, 0.717) is 11.2 Å². The summed E-state index contributed by atoms with van der Waals surface area (Å²) in [4.78, 5) is 28.5. The number of thiophene rings is 1. The topological polar surface area (TPSA) is 97.3 Å². The number of fused-ring (bicyclic) bond motifs is 5. The van der Waals surface area contributed by atoms with Crippen LogP contribution in [0.5, 0.6) is 0 Å². The number of allylic oxidation sites excluding steroid dienone is 4. The molecule has 2 N–H and O–H groups in total. The van der Waals surface area contributed by atoms with Gasteiger partial charge in [-0.2, -0.15) is 8.78 Å². The van der Waals surface area contributed by atoms with Crippen molar-refractivity contribution >= 4 is 66.9 Å². The lowest BCUT2D eigenvalue weighted by Gasteiger charge is -2.24. The second kappa shape index (κ2) is 13.2. The second-order valence-electron chi connectivity index (χ2n) is 12.5. The van der Waals surface area contributed by atoms with Gasteiger partial charge in [0.2, 0.25) is 5.91 Å². The van der Waals surface area contributed by atoms with Crippen molar-refractivity contribution in [3.8, 4) is 11.3 Å². The summed E-state index contributed by atoms with van der Waals surface area (Å²) in [5.74, 6) is -1.25. The number of anilines is 1. The quantitative estimate of drug-likeness (QED) is 0.217. The Morgan fingerprint density at radius 2 is 1.85 bits per heavy atom. The number of halogens is 2. The Balaban J connectivity index is 1.68. The lowest BCUT2D eigenvalue weighted by atomic mass is 9.82. The van der Waals surface area contributed by atoms with Gasteiger partial charge in [-0.3, -0.25) is 9.59 Å². The van der Waals surface area contributed by atoms with Crippen molar-refractivity contribution in [2.24, 2.45) is 0 Å². The van der Waals surface area contributed by atoms with Crippen molar-refractivity contribution in [1.29, 1.82) is 0 Å². The number of alkyl halides is 2. The van der Waals surface area contributed by atoms with E-state index in [2.05, 4.69) is 18.5 Å². The summed E-state index contributed by atoms with van der Waals surface area (Å²) < 4.78 is 55.7. The Morgan fingerprint density at radius 1 is 1.17 bits per heavy atom. The van der Waals surface area contributed by atoms with Crippen molar-refractivity contribution in [2.45, 2.75) is 84.4 Å². The molecule has 1 aliphatic carbocycles. The standard InChI is InChI=1S/C35H39F2N3O4S3/c1-19(2)32(45-20(3)4)22(6)14-15-24-21(5)13-16-25-30(24)38-28(41)18-40-26-17-27(34(42)39-47(43,44)35(7,36)37)46-33(26)29(31(25)40)23-11-9-8-10-12-23/h13-17,23H,3,6,8-12,18H2,1-2,4-5,7H3,(H,38,41)(H,39,42)/b15-14-. The summed E-state index contributed by atoms with van der Waals surface area (Å²) in [5, 5.41) is -1.00. The van der Waals surface area contributed by atoms with Crippen LogP contribution in [0.3, 0.4) is 0 Å². The average Bonchev–Trinajstić information content (AvgIpc) is 3.49. The molecule has 0 unspecified atom stereocenters. The maximum absolute atomic E-state index is 13.7. The molecule has 3 aromatic rings. The van der Waals surface area contributed by atoms with E-state index in [1.54, 1.807) is 11.8 Å². The molecular weight excluding hydrogens is 661 g/mol. The van der Waals surface area contributed by atoms with Crippen LogP contribution in [0.4, 0.5) is 14.5 Å². The third-order valence-electron chi connectivity index (χ3n) is 8.47. The molecular formula is C35H39F2N3O4S3. The number of aryl methyl sites for hydroxylation is 1. The minimum Gasteiger partial charge on any atom is -0.330 e. The van der Waals surface area contributed by atoms with Gasteiger partial charge >= 0.3 is 15.3 Å². The predicted octanol–water partition coefficient (Wildman–Crippen LogP) is 9.48. The van der Waals surface area contributed by atoms with Crippen LogP contribution < -0.4 is 10.0 Å². The molecule has 1 aliphatic heterocycles. The number of carbonyl (C=O) groups is 2. The monoisotopic (exact) mass is 699 g/mol. The molecule has 3 heterocycles. The molecule has 2 amide bonds. The van der Waals surface area contributed by atoms with Gasteiger partial charge in [0.25, 0.3) is 5.91 Å². The van der Waals surface area contributed by atoms with E-state index in [4.69, 9.17) is 0 Å². The third kappa shape index (κ3) is 6.91. The summed E-state index contributed by atoms with van der Waals surface area (Å²) in [6.45, 7) is 16.5. The molecule has 0 bridgehead atoms. The maximum Gasteiger partial charge on any atom is 0.361 e. The minimum absolute atomic E-state index is 0.0196. The fourth-order valence-corrected chi connectivity index (χ4v) is 8.79. The number of thioether (sulfide) groups is 1. The number of benzene rings is 1. The second-order valence-corrected chi connectivity index (χ2v) is 16.8. The zero-order valence-corrected chi connectivity index (χ0v) is 29.6. The van der Waals surface area contributed by atoms with Gasteiger partial charge in [-0.1, -0.05) is 74.0 Å². The number of sulfonamides is 1. The number of rotatable bonds is 9. The van der Waals surface area contributed by atoms with Gasteiger partial charge in [0, 0.05) is 23.0 Å². The summed E-state index contributed by atoms with van der Waals surface area (Å²) in [5.41, 5.74) is 7.76. The first-order chi connectivity index (χ1) is 22.0. The summed E-state index contributed by atoms with van der Waals surface area (Å²) in [7, 11) is -5.22. The first-order valence-corrected chi connectivity index (χ1v) is 18.5. The van der Waals surface area contributed by atoms with Gasteiger partial charge in [-0.05, 0) is 74.1 Å². The van der Waals surface area contributed by atoms with Gasteiger partial charge < -0.3 is 9.88 Å². The molecule has 1 fully saturated rings. The van der Waals surface area contributed by atoms with Crippen LogP contribution in [0.25, 0.3) is 27.6 Å². The number of amides is 2. The number of aromatic nitrogens is 1. The molecule has 2 aromatic heterocycles. The zero-order valence-electron chi connectivity index (χ0n) is 27.2. The molecule has 0 radical (unpaired) electrons. The van der Waals surface area contributed by atoms with Crippen LogP contribution >= 0.6 is 23.1 Å². The fourth-order valence-electron chi connectivity index (χ4n) is 6.26. The van der Waals surface area contributed by atoms with Crippen LogP contribution in [0.15, 0.2) is 58.4 Å². The number of nitrogens with zero attached hydrogens (tertiary/aromatic N) is 1. The van der Waals surface area contributed by atoms with E-state index in [-0.39, 0.29) is 30.2 Å². The molecule has 0 saturated heterocycles. The lowest BCUT2D eigenvalue weighted by molar-refractivity contribution is -0.116. The van der Waals surface area contributed by atoms with E-state index in [1.165, 1.54) is 10.8 Å². The molecule has 5 rings (SSSR count). The summed E-state index contributed by atoms with van der Waals surface area (Å²) >= 11 is 2.64. The Hall–Kier alpha value is -3.48. The third-order valence-corrected chi connectivity index (χ3v) is 12.2. The van der Waals surface area contributed by atoms with Crippen molar-refractivity contribution < 1.29 is 26.8 Å². The van der Waals surface area contributed by atoms with Crippen molar-refractivity contribution in [1.82, 2.24) is 9.29 Å². The van der Waals surface area contributed by atoms with Gasteiger partial charge in [0.1, 0.15) is 6.54 Å². The highest BCUT2D eigenvalue weighted by Gasteiger charge is 2.41. The van der Waals surface area contributed by atoms with Gasteiger partial charge in [-0.15, -0.1) is 11.3 Å². The Morgan fingerprint density at radius 3 is 2.47 bits per heavy atom. The van der Waals surface area contributed by atoms with E-state index in [9.17, 15) is 26.8 Å². The van der Waals surface area contributed by atoms with E-state index >= 15 is 0 Å². The highest BCUT2D eigenvalue weighted by molar-refractivity contribution is 8.06. The largest absolute Gasteiger partial charge is 0.361 e. The SMILES string of the molecule is C=C(C)SC(C(=C)/C=C\c1c(C)ccc2c1NC(=O)Cn1c-2c(C2CCCCC2)c2sc(C(=O)NS(=O)(=O)C(C)(F)F)cc21)=C(C)C. The van der Waals surface area contributed by atoms with E-state index < -0.39 is 21.2 Å². The van der Waals surface area contributed by atoms with Crippen LogP contribution in [0.1, 0.15) is 92.1 Å². The molecule has 12 heteroatoms. The van der Waals surface area contributed by atoms with E-state index in [1.807, 2.05) is 56.5 Å². The fraction of sp³-hybridized carbons (Fsp3) is 0.371. The Labute approximate surface area is 282 Å². The highest BCUT2D eigenvalue weighted by atomic mass is 32.2. The predicted molar refractivity (Wildman–Crippen MR) is 190 cm³/mol. The first-order valence-electron chi connectivity index (χ1n) is 15.4. The Bertz CT molecular complexity index is 1980. The number of nitrogens with one attached hydrogen (secondary N) is 2. The normalized spacial score (nSPS) is 15.6. The molecule has 2 aliphatic rings. The summed E-state index contributed by atoms with van der Waals surface area (Å²) in [6.07, 6.45) is 8.95. The van der Waals surface area contributed by atoms with Crippen molar-refractivity contribution in [2.75, 3.05) is 5.32 Å². The molecule has 1 aromatic carbocycles. The summed E-state index contributed by atoms with van der Waals surface area (Å²) in [6, 6.07) is 5.53. The molecule has 7 nitrogen and oxygen atoms in total. The van der Waals surface area contributed by atoms with Crippen molar-refractivity contribution in [3.63, 3.8) is 0 Å². The number of carbonyl (C=O) groups excluding carboxylic acids is 2. The van der Waals surface area contributed by atoms with Crippen molar-refractivity contribution in [3.05, 3.63) is 80.0 Å². The lowest BCUT2D eigenvalue weighted by Crippen LogP contribution is -2.40. The maximum atomic E-state index is 13.7.